The zero-order valence-corrected chi connectivity index (χ0v) is 13.2. The second-order valence-electron chi connectivity index (χ2n) is 5.49. The first kappa shape index (κ1) is 15.5. The van der Waals surface area contributed by atoms with Crippen molar-refractivity contribution in [3.05, 3.63) is 21.9 Å². The summed E-state index contributed by atoms with van der Waals surface area (Å²) in [5.74, 6) is 6.09. The lowest BCUT2D eigenvalue weighted by molar-refractivity contribution is 0.140. The zero-order valence-electron chi connectivity index (χ0n) is 12.4. The topological polar surface area (TPSA) is 26.7 Å². The Labute approximate surface area is 126 Å². The minimum atomic E-state index is 0.143. The molecule has 2 heterocycles. The van der Waals surface area contributed by atoms with Crippen molar-refractivity contribution in [3.63, 3.8) is 0 Å². The van der Waals surface area contributed by atoms with Crippen LogP contribution in [0, 0.1) is 11.8 Å². The Morgan fingerprint density at radius 1 is 1.40 bits per heavy atom. The van der Waals surface area contributed by atoms with Crippen molar-refractivity contribution in [2.45, 2.75) is 31.8 Å². The number of hydrogen-bond donors (Lipinski definition) is 1. The lowest BCUT2D eigenvalue weighted by Gasteiger charge is -2.34. The molecule has 0 spiro atoms. The van der Waals surface area contributed by atoms with Gasteiger partial charge in [-0.05, 0) is 52.2 Å². The van der Waals surface area contributed by atoms with Crippen LogP contribution in [0.2, 0.25) is 0 Å². The molecule has 1 saturated heterocycles. The molecule has 20 heavy (non-hydrogen) atoms. The number of rotatable bonds is 4. The predicted octanol–water partition coefficient (Wildman–Crippen LogP) is 2.01. The quantitative estimate of drug-likeness (QED) is 0.860. The number of likely N-dealkylation sites (tertiary alicyclic amines) is 1. The number of aliphatic hydroxyl groups excluding tert-OH is 1. The highest BCUT2D eigenvalue weighted by Crippen LogP contribution is 2.21. The molecule has 4 heteroatoms. The van der Waals surface area contributed by atoms with Crippen LogP contribution in [0.4, 0.5) is 0 Å². The van der Waals surface area contributed by atoms with Gasteiger partial charge in [-0.25, -0.2) is 0 Å². The van der Waals surface area contributed by atoms with E-state index in [4.69, 9.17) is 5.11 Å². The SMILES string of the molecule is CN1CCC(N(C)Cc2ccc(C#CCCO)s2)CC1. The number of hydrogen-bond acceptors (Lipinski definition) is 4. The van der Waals surface area contributed by atoms with E-state index in [2.05, 4.69) is 47.9 Å². The summed E-state index contributed by atoms with van der Waals surface area (Å²) in [5.41, 5.74) is 0. The van der Waals surface area contributed by atoms with E-state index in [-0.39, 0.29) is 6.61 Å². The fourth-order valence-corrected chi connectivity index (χ4v) is 3.49. The highest BCUT2D eigenvalue weighted by Gasteiger charge is 2.20. The molecule has 0 amide bonds. The van der Waals surface area contributed by atoms with Crippen molar-refractivity contribution >= 4 is 11.3 Å². The Hall–Kier alpha value is -0.860. The second kappa shape index (κ2) is 7.80. The molecule has 1 aliphatic rings. The molecule has 0 aromatic carbocycles. The minimum Gasteiger partial charge on any atom is -0.395 e. The van der Waals surface area contributed by atoms with Gasteiger partial charge in [0.15, 0.2) is 0 Å². The van der Waals surface area contributed by atoms with Crippen LogP contribution < -0.4 is 0 Å². The third kappa shape index (κ3) is 4.60. The van der Waals surface area contributed by atoms with E-state index >= 15 is 0 Å². The molecular formula is C16H24N2OS. The molecule has 2 rings (SSSR count). The predicted molar refractivity (Wildman–Crippen MR) is 84.9 cm³/mol. The van der Waals surface area contributed by atoms with Crippen LogP contribution in [0.25, 0.3) is 0 Å². The van der Waals surface area contributed by atoms with Gasteiger partial charge in [-0.2, -0.15) is 0 Å². The van der Waals surface area contributed by atoms with Gasteiger partial charge in [0, 0.05) is 23.9 Å². The van der Waals surface area contributed by atoms with Crippen LogP contribution in [0.15, 0.2) is 12.1 Å². The van der Waals surface area contributed by atoms with E-state index in [0.29, 0.717) is 12.5 Å². The maximum atomic E-state index is 8.72. The molecule has 0 unspecified atom stereocenters. The van der Waals surface area contributed by atoms with E-state index in [1.165, 1.54) is 30.8 Å². The van der Waals surface area contributed by atoms with Crippen LogP contribution in [-0.2, 0) is 6.54 Å². The minimum absolute atomic E-state index is 0.143. The maximum absolute atomic E-state index is 8.72. The number of thiophene rings is 1. The number of nitrogens with zero attached hydrogens (tertiary/aromatic N) is 2. The van der Waals surface area contributed by atoms with E-state index in [9.17, 15) is 0 Å². The molecule has 0 atom stereocenters. The molecule has 0 bridgehead atoms. The van der Waals surface area contributed by atoms with Crippen molar-refractivity contribution in [1.29, 1.82) is 0 Å². The first-order valence-corrected chi connectivity index (χ1v) is 8.08. The average Bonchev–Trinajstić information content (AvgIpc) is 2.87. The Morgan fingerprint density at radius 3 is 2.85 bits per heavy atom. The van der Waals surface area contributed by atoms with Gasteiger partial charge in [0.1, 0.15) is 0 Å². The summed E-state index contributed by atoms with van der Waals surface area (Å²) in [4.78, 5) is 7.36. The summed E-state index contributed by atoms with van der Waals surface area (Å²) in [7, 11) is 4.43. The summed E-state index contributed by atoms with van der Waals surface area (Å²) >= 11 is 1.77. The summed E-state index contributed by atoms with van der Waals surface area (Å²) in [6.07, 6.45) is 3.09. The lowest BCUT2D eigenvalue weighted by atomic mass is 10.0. The number of aliphatic hydroxyl groups is 1. The fourth-order valence-electron chi connectivity index (χ4n) is 2.55. The average molecular weight is 292 g/mol. The van der Waals surface area contributed by atoms with Crippen molar-refractivity contribution in [2.75, 3.05) is 33.8 Å². The number of piperidine rings is 1. The van der Waals surface area contributed by atoms with Gasteiger partial charge in [0.25, 0.3) is 0 Å². The van der Waals surface area contributed by atoms with Gasteiger partial charge < -0.3 is 10.0 Å². The maximum Gasteiger partial charge on any atom is 0.0771 e. The molecule has 0 saturated carbocycles. The largest absolute Gasteiger partial charge is 0.395 e. The Balaban J connectivity index is 1.85. The van der Waals surface area contributed by atoms with Crippen molar-refractivity contribution < 1.29 is 5.11 Å². The first-order chi connectivity index (χ1) is 9.69. The van der Waals surface area contributed by atoms with E-state index in [1.54, 1.807) is 11.3 Å². The molecule has 0 aliphatic carbocycles. The van der Waals surface area contributed by atoms with Gasteiger partial charge in [-0.3, -0.25) is 4.90 Å². The monoisotopic (exact) mass is 292 g/mol. The molecule has 1 N–H and O–H groups in total. The first-order valence-electron chi connectivity index (χ1n) is 7.26. The highest BCUT2D eigenvalue weighted by atomic mass is 32.1. The molecule has 3 nitrogen and oxygen atoms in total. The molecule has 1 fully saturated rings. The smallest absolute Gasteiger partial charge is 0.0771 e. The summed E-state index contributed by atoms with van der Waals surface area (Å²) in [6, 6.07) is 4.98. The molecular weight excluding hydrogens is 268 g/mol. The van der Waals surface area contributed by atoms with E-state index in [1.807, 2.05) is 0 Å². The van der Waals surface area contributed by atoms with E-state index < -0.39 is 0 Å². The van der Waals surface area contributed by atoms with Crippen molar-refractivity contribution in [1.82, 2.24) is 9.80 Å². The Kier molecular flexibility index (Phi) is 6.06. The van der Waals surface area contributed by atoms with Crippen molar-refractivity contribution in [2.24, 2.45) is 0 Å². The Bertz CT molecular complexity index is 466. The normalized spacial score (nSPS) is 17.2. The third-order valence-electron chi connectivity index (χ3n) is 3.83. The molecule has 1 aliphatic heterocycles. The van der Waals surface area contributed by atoms with Gasteiger partial charge in [-0.1, -0.05) is 11.8 Å². The standard InChI is InChI=1S/C16H24N2OS/c1-17-10-8-14(9-11-17)18(2)13-16-7-6-15(20-16)5-3-4-12-19/h6-7,14,19H,4,8-13H2,1-2H3. The van der Waals surface area contributed by atoms with Gasteiger partial charge in [0.05, 0.1) is 11.5 Å². The highest BCUT2D eigenvalue weighted by molar-refractivity contribution is 7.12. The summed E-state index contributed by atoms with van der Waals surface area (Å²) in [6.45, 7) is 3.57. The zero-order chi connectivity index (χ0) is 14.4. The Morgan fingerprint density at radius 2 is 2.15 bits per heavy atom. The van der Waals surface area contributed by atoms with Crippen LogP contribution in [0.1, 0.15) is 29.0 Å². The molecule has 110 valence electrons. The van der Waals surface area contributed by atoms with Gasteiger partial charge in [-0.15, -0.1) is 11.3 Å². The van der Waals surface area contributed by atoms with E-state index in [0.717, 1.165) is 11.4 Å². The van der Waals surface area contributed by atoms with Crippen LogP contribution in [0.5, 0.6) is 0 Å². The summed E-state index contributed by atoms with van der Waals surface area (Å²) in [5, 5.41) is 8.72. The van der Waals surface area contributed by atoms with Crippen LogP contribution in [0.3, 0.4) is 0 Å². The van der Waals surface area contributed by atoms with Crippen molar-refractivity contribution in [3.8, 4) is 11.8 Å². The molecule has 1 aromatic heterocycles. The van der Waals surface area contributed by atoms with Crippen LogP contribution >= 0.6 is 11.3 Å². The van der Waals surface area contributed by atoms with Gasteiger partial charge >= 0.3 is 0 Å². The summed E-state index contributed by atoms with van der Waals surface area (Å²) < 4.78 is 0. The third-order valence-corrected chi connectivity index (χ3v) is 4.81. The van der Waals surface area contributed by atoms with Crippen LogP contribution in [-0.4, -0.2) is 54.7 Å². The van der Waals surface area contributed by atoms with Gasteiger partial charge in [0.2, 0.25) is 0 Å². The molecule has 0 radical (unpaired) electrons. The fraction of sp³-hybridized carbons (Fsp3) is 0.625. The second-order valence-corrected chi connectivity index (χ2v) is 6.66. The molecule has 1 aromatic rings. The lowest BCUT2D eigenvalue weighted by Crippen LogP contribution is -2.41.